The average molecular weight is 312 g/mol. The van der Waals surface area contributed by atoms with Crippen molar-refractivity contribution in [3.05, 3.63) is 0 Å². The van der Waals surface area contributed by atoms with Gasteiger partial charge in [-0.25, -0.2) is 0 Å². The molecule has 0 saturated carbocycles. The Balaban J connectivity index is -0.0000000922. The van der Waals surface area contributed by atoms with Crippen LogP contribution in [0.2, 0.25) is 0 Å². The van der Waals surface area contributed by atoms with Crippen LogP contribution in [-0.4, -0.2) is 60.1 Å². The molecule has 21 heavy (non-hydrogen) atoms. The van der Waals surface area contributed by atoms with Gasteiger partial charge in [0.05, 0.1) is 18.8 Å². The molecular weight excluding hydrogens is 272 g/mol. The van der Waals surface area contributed by atoms with E-state index >= 15 is 0 Å². The Labute approximate surface area is 132 Å². The van der Waals surface area contributed by atoms with E-state index in [1.165, 1.54) is 6.42 Å². The van der Waals surface area contributed by atoms with E-state index in [2.05, 4.69) is 13.8 Å². The van der Waals surface area contributed by atoms with Crippen LogP contribution in [-0.2, 0) is 4.74 Å². The highest BCUT2D eigenvalue weighted by atomic mass is 16.6. The van der Waals surface area contributed by atoms with Crippen molar-refractivity contribution >= 4 is 0 Å². The van der Waals surface area contributed by atoms with Gasteiger partial charge in [0.2, 0.25) is 0 Å². The second-order valence-electron chi connectivity index (χ2n) is 4.53. The van der Waals surface area contributed by atoms with Crippen molar-refractivity contribution < 1.29 is 25.2 Å². The normalized spacial score (nSPS) is 15.7. The van der Waals surface area contributed by atoms with Crippen molar-refractivity contribution in [3.63, 3.8) is 0 Å². The fourth-order valence-corrected chi connectivity index (χ4v) is 0.722. The van der Waals surface area contributed by atoms with Gasteiger partial charge in [-0.2, -0.15) is 0 Å². The number of rotatable bonds is 5. The van der Waals surface area contributed by atoms with Crippen LogP contribution >= 0.6 is 0 Å². The summed E-state index contributed by atoms with van der Waals surface area (Å²) in [6.45, 7) is 11.5. The standard InChI is InChI=1S/2C5H12O.C4H8O.2CH4O/c1-3-5(2)4-6;1-3-5(6)4-2;1-2-4-3-5-4;2*1-2/h2*5-6H,3-4H2,1-2H3;4H,2-3H2,1H3;2*2H,1H3. The smallest absolute Gasteiger partial charge is 0.0807 e. The summed E-state index contributed by atoms with van der Waals surface area (Å²) in [6, 6.07) is 0. The molecule has 0 radical (unpaired) electrons. The maximum absolute atomic E-state index is 8.67. The monoisotopic (exact) mass is 312 g/mol. The molecule has 1 heterocycles. The minimum Gasteiger partial charge on any atom is -0.400 e. The van der Waals surface area contributed by atoms with Crippen molar-refractivity contribution in [3.8, 4) is 0 Å². The second kappa shape index (κ2) is 28.0. The summed E-state index contributed by atoms with van der Waals surface area (Å²) in [4.78, 5) is 0. The molecule has 0 aromatic heterocycles. The maximum atomic E-state index is 8.67. The molecule has 4 N–H and O–H groups in total. The zero-order valence-corrected chi connectivity index (χ0v) is 15.2. The van der Waals surface area contributed by atoms with E-state index in [0.717, 1.165) is 40.1 Å². The average Bonchev–Trinajstić information content (AvgIpc) is 3.42. The molecule has 1 rings (SSSR count). The fourth-order valence-electron chi connectivity index (χ4n) is 0.722. The molecule has 0 aromatic rings. The first kappa shape index (κ1) is 28.9. The zero-order valence-electron chi connectivity index (χ0n) is 15.2. The quantitative estimate of drug-likeness (QED) is 0.584. The van der Waals surface area contributed by atoms with Crippen molar-refractivity contribution in [2.75, 3.05) is 27.4 Å². The van der Waals surface area contributed by atoms with Crippen LogP contribution in [0.5, 0.6) is 0 Å². The molecule has 2 unspecified atom stereocenters. The van der Waals surface area contributed by atoms with Gasteiger partial charge in [-0.15, -0.1) is 0 Å². The van der Waals surface area contributed by atoms with Crippen LogP contribution in [0.1, 0.15) is 60.3 Å². The van der Waals surface area contributed by atoms with Crippen LogP contribution in [0.25, 0.3) is 0 Å². The molecule has 0 amide bonds. The van der Waals surface area contributed by atoms with Gasteiger partial charge in [0.1, 0.15) is 0 Å². The maximum Gasteiger partial charge on any atom is 0.0807 e. The van der Waals surface area contributed by atoms with Crippen molar-refractivity contribution in [1.82, 2.24) is 0 Å². The topological polar surface area (TPSA) is 93.5 Å². The fraction of sp³-hybridized carbons (Fsp3) is 1.00. The van der Waals surface area contributed by atoms with Crippen molar-refractivity contribution in [1.29, 1.82) is 0 Å². The molecule has 134 valence electrons. The third-order valence-corrected chi connectivity index (χ3v) is 2.81. The van der Waals surface area contributed by atoms with E-state index in [-0.39, 0.29) is 6.10 Å². The lowest BCUT2D eigenvalue weighted by atomic mass is 10.1. The highest BCUT2D eigenvalue weighted by molar-refractivity contribution is 4.64. The zero-order chi connectivity index (χ0) is 17.7. The van der Waals surface area contributed by atoms with Gasteiger partial charge in [-0.3, -0.25) is 0 Å². The molecule has 0 aliphatic carbocycles. The van der Waals surface area contributed by atoms with E-state index in [1.807, 2.05) is 20.8 Å². The molecule has 0 bridgehead atoms. The molecule has 5 nitrogen and oxygen atoms in total. The van der Waals surface area contributed by atoms with E-state index in [0.29, 0.717) is 18.6 Å². The number of ether oxygens (including phenoxy) is 1. The summed E-state index contributed by atoms with van der Waals surface area (Å²) in [5, 5.41) is 31.0. The summed E-state index contributed by atoms with van der Waals surface area (Å²) in [6.07, 6.45) is 4.61. The highest BCUT2D eigenvalue weighted by Gasteiger charge is 2.18. The first-order chi connectivity index (χ1) is 10.0. The molecule has 1 fully saturated rings. The Bertz CT molecular complexity index is 123. The van der Waals surface area contributed by atoms with E-state index in [9.17, 15) is 0 Å². The largest absolute Gasteiger partial charge is 0.400 e. The van der Waals surface area contributed by atoms with Gasteiger partial charge in [0.25, 0.3) is 0 Å². The van der Waals surface area contributed by atoms with E-state index in [4.69, 9.17) is 25.2 Å². The summed E-state index contributed by atoms with van der Waals surface area (Å²) in [5.74, 6) is 0.491. The van der Waals surface area contributed by atoms with Crippen molar-refractivity contribution in [2.24, 2.45) is 5.92 Å². The number of hydrogen-bond donors (Lipinski definition) is 4. The number of hydrogen-bond acceptors (Lipinski definition) is 5. The molecule has 1 saturated heterocycles. The van der Waals surface area contributed by atoms with Gasteiger partial charge < -0.3 is 25.2 Å². The Hall–Kier alpha value is -0.200. The van der Waals surface area contributed by atoms with Gasteiger partial charge in [0, 0.05) is 20.8 Å². The van der Waals surface area contributed by atoms with Crippen LogP contribution in [0, 0.1) is 5.92 Å². The summed E-state index contributed by atoms with van der Waals surface area (Å²) >= 11 is 0. The van der Waals surface area contributed by atoms with Crippen molar-refractivity contribution in [2.45, 2.75) is 72.5 Å². The third kappa shape index (κ3) is 38.3. The first-order valence-corrected chi connectivity index (χ1v) is 7.85. The summed E-state index contributed by atoms with van der Waals surface area (Å²) in [7, 11) is 2.00. The van der Waals surface area contributed by atoms with Gasteiger partial charge in [0.15, 0.2) is 0 Å². The molecule has 5 heteroatoms. The van der Waals surface area contributed by atoms with Gasteiger partial charge in [-0.05, 0) is 25.2 Å². The molecule has 2 atom stereocenters. The number of aliphatic hydroxyl groups is 4. The predicted octanol–water partition coefficient (Wildman–Crippen LogP) is 2.20. The molecular formula is C16H40O5. The SMILES string of the molecule is CCC(C)CO.CCC(O)CC.CCC1CO1.CO.CO. The van der Waals surface area contributed by atoms with Crippen LogP contribution < -0.4 is 0 Å². The molecule has 1 aliphatic rings. The van der Waals surface area contributed by atoms with Crippen LogP contribution in [0.4, 0.5) is 0 Å². The van der Waals surface area contributed by atoms with E-state index < -0.39 is 0 Å². The lowest BCUT2D eigenvalue weighted by Crippen LogP contribution is -1.99. The Morgan fingerprint density at radius 1 is 0.952 bits per heavy atom. The minimum absolute atomic E-state index is 0.0648. The van der Waals surface area contributed by atoms with Crippen LogP contribution in [0.3, 0.4) is 0 Å². The summed E-state index contributed by atoms with van der Waals surface area (Å²) < 4.78 is 4.86. The van der Waals surface area contributed by atoms with Gasteiger partial charge >= 0.3 is 0 Å². The third-order valence-electron chi connectivity index (χ3n) is 2.81. The number of aliphatic hydroxyl groups excluding tert-OH is 4. The highest BCUT2D eigenvalue weighted by Crippen LogP contribution is 2.10. The van der Waals surface area contributed by atoms with Crippen LogP contribution in [0.15, 0.2) is 0 Å². The molecule has 1 aliphatic heterocycles. The second-order valence-corrected chi connectivity index (χ2v) is 4.53. The Morgan fingerprint density at radius 2 is 1.33 bits per heavy atom. The lowest BCUT2D eigenvalue weighted by Gasteiger charge is -1.98. The summed E-state index contributed by atoms with van der Waals surface area (Å²) in [5.41, 5.74) is 0. The minimum atomic E-state index is -0.0648. The molecule has 0 spiro atoms. The molecule has 0 aromatic carbocycles. The van der Waals surface area contributed by atoms with E-state index in [1.54, 1.807) is 0 Å². The Kier molecular flexibility index (Phi) is 38.6. The number of epoxide rings is 1. The Morgan fingerprint density at radius 3 is 1.33 bits per heavy atom. The first-order valence-electron chi connectivity index (χ1n) is 7.85. The predicted molar refractivity (Wildman–Crippen MR) is 89.4 cm³/mol. The lowest BCUT2D eigenvalue weighted by molar-refractivity contribution is 0.166. The van der Waals surface area contributed by atoms with Gasteiger partial charge in [-0.1, -0.05) is 41.0 Å².